The van der Waals surface area contributed by atoms with E-state index in [1.807, 2.05) is 13.0 Å². The summed E-state index contributed by atoms with van der Waals surface area (Å²) in [6, 6.07) is 5.37. The van der Waals surface area contributed by atoms with E-state index < -0.39 is 0 Å². The number of hydrogen-bond donors (Lipinski definition) is 1. The highest BCUT2D eigenvalue weighted by atomic mass is 35.5. The van der Waals surface area contributed by atoms with Crippen molar-refractivity contribution in [1.29, 1.82) is 0 Å². The summed E-state index contributed by atoms with van der Waals surface area (Å²) in [5, 5.41) is 3.86. The van der Waals surface area contributed by atoms with Gasteiger partial charge in [0.25, 0.3) is 0 Å². The molecule has 0 radical (unpaired) electrons. The zero-order valence-corrected chi connectivity index (χ0v) is 11.6. The lowest BCUT2D eigenvalue weighted by Gasteiger charge is -2.25. The molecule has 1 atom stereocenters. The van der Waals surface area contributed by atoms with Gasteiger partial charge in [0.1, 0.15) is 0 Å². The van der Waals surface area contributed by atoms with Crippen molar-refractivity contribution in [2.45, 2.75) is 13.0 Å². The van der Waals surface area contributed by atoms with Crippen LogP contribution in [-0.2, 0) is 4.79 Å². The van der Waals surface area contributed by atoms with Crippen LogP contribution in [0.5, 0.6) is 0 Å². The highest BCUT2D eigenvalue weighted by molar-refractivity contribution is 6.42. The van der Waals surface area contributed by atoms with E-state index in [0.29, 0.717) is 16.6 Å². The Hall–Kier alpha value is -0.770. The molecule has 0 bridgehead atoms. The number of carbonyl (C=O) groups is 1. The topological polar surface area (TPSA) is 32.3 Å². The normalized spacial score (nSPS) is 12.3. The average Bonchev–Trinajstić information content (AvgIpc) is 2.31. The SMILES string of the molecule is CNCC(=O)N(C)C(C)c1ccc(Cl)c(Cl)c1. The van der Waals surface area contributed by atoms with E-state index in [1.165, 1.54) is 0 Å². The van der Waals surface area contributed by atoms with E-state index in [9.17, 15) is 4.79 Å². The van der Waals surface area contributed by atoms with Gasteiger partial charge in [-0.2, -0.15) is 0 Å². The quantitative estimate of drug-likeness (QED) is 0.916. The molecule has 3 nitrogen and oxygen atoms in total. The Morgan fingerprint density at radius 3 is 2.59 bits per heavy atom. The Bertz CT molecular complexity index is 409. The lowest BCUT2D eigenvalue weighted by molar-refractivity contribution is -0.130. The summed E-state index contributed by atoms with van der Waals surface area (Å²) in [5.41, 5.74) is 0.964. The van der Waals surface area contributed by atoms with Gasteiger partial charge in [-0.15, -0.1) is 0 Å². The van der Waals surface area contributed by atoms with Crippen molar-refractivity contribution in [3.8, 4) is 0 Å². The molecule has 0 heterocycles. The van der Waals surface area contributed by atoms with Crippen molar-refractivity contribution in [2.24, 2.45) is 0 Å². The van der Waals surface area contributed by atoms with Gasteiger partial charge in [0.2, 0.25) is 5.91 Å². The van der Waals surface area contributed by atoms with E-state index in [0.717, 1.165) is 5.56 Å². The van der Waals surface area contributed by atoms with Crippen molar-refractivity contribution in [1.82, 2.24) is 10.2 Å². The molecule has 0 spiro atoms. The standard InChI is InChI=1S/C12H16Cl2N2O/c1-8(16(3)12(17)7-15-2)9-4-5-10(13)11(14)6-9/h4-6,8,15H,7H2,1-3H3. The molecule has 0 aliphatic carbocycles. The summed E-state index contributed by atoms with van der Waals surface area (Å²) in [7, 11) is 3.52. The van der Waals surface area contributed by atoms with Gasteiger partial charge in [0.15, 0.2) is 0 Å². The Balaban J connectivity index is 2.84. The van der Waals surface area contributed by atoms with Crippen LogP contribution in [0.25, 0.3) is 0 Å². The molecule has 5 heteroatoms. The third-order valence-electron chi connectivity index (χ3n) is 2.73. The first-order chi connectivity index (χ1) is 7.97. The Morgan fingerprint density at radius 2 is 2.06 bits per heavy atom. The fraction of sp³-hybridized carbons (Fsp3) is 0.417. The first kappa shape index (κ1) is 14.3. The van der Waals surface area contributed by atoms with Gasteiger partial charge in [-0.25, -0.2) is 0 Å². The first-order valence-electron chi connectivity index (χ1n) is 5.32. The molecule has 0 fully saturated rings. The number of rotatable bonds is 4. The van der Waals surface area contributed by atoms with E-state index >= 15 is 0 Å². The molecule has 0 saturated heterocycles. The summed E-state index contributed by atoms with van der Waals surface area (Å²) in [6.45, 7) is 2.27. The summed E-state index contributed by atoms with van der Waals surface area (Å²) < 4.78 is 0. The van der Waals surface area contributed by atoms with Crippen LogP contribution in [0.4, 0.5) is 0 Å². The molecule has 0 aliphatic rings. The lowest BCUT2D eigenvalue weighted by Crippen LogP contribution is -2.35. The van der Waals surface area contributed by atoms with Crippen molar-refractivity contribution < 1.29 is 4.79 Å². The van der Waals surface area contributed by atoms with E-state index in [-0.39, 0.29) is 11.9 Å². The van der Waals surface area contributed by atoms with Crippen LogP contribution in [-0.4, -0.2) is 31.4 Å². The van der Waals surface area contributed by atoms with Gasteiger partial charge < -0.3 is 10.2 Å². The van der Waals surface area contributed by atoms with E-state index in [2.05, 4.69) is 5.32 Å². The predicted molar refractivity (Wildman–Crippen MR) is 71.6 cm³/mol. The predicted octanol–water partition coefficient (Wildman–Crippen LogP) is 2.73. The third-order valence-corrected chi connectivity index (χ3v) is 3.47. The highest BCUT2D eigenvalue weighted by Crippen LogP contribution is 2.27. The largest absolute Gasteiger partial charge is 0.338 e. The van der Waals surface area contributed by atoms with E-state index in [1.54, 1.807) is 31.1 Å². The number of benzene rings is 1. The average molecular weight is 275 g/mol. The summed E-state index contributed by atoms with van der Waals surface area (Å²) in [6.07, 6.45) is 0. The number of halogens is 2. The Labute approximate surface area is 112 Å². The molecular formula is C12H16Cl2N2O. The van der Waals surface area contributed by atoms with Crippen molar-refractivity contribution >= 4 is 29.1 Å². The van der Waals surface area contributed by atoms with Gasteiger partial charge in [0.05, 0.1) is 22.6 Å². The van der Waals surface area contributed by atoms with Crippen LogP contribution in [0.3, 0.4) is 0 Å². The molecule has 1 aromatic carbocycles. The molecule has 0 saturated carbocycles. The molecule has 1 unspecified atom stereocenters. The van der Waals surface area contributed by atoms with Gasteiger partial charge >= 0.3 is 0 Å². The second kappa shape index (κ2) is 6.24. The molecule has 0 aliphatic heterocycles. The zero-order chi connectivity index (χ0) is 13.0. The maximum atomic E-state index is 11.7. The molecule has 1 rings (SSSR count). The molecule has 1 aromatic rings. The molecule has 17 heavy (non-hydrogen) atoms. The second-order valence-corrected chi connectivity index (χ2v) is 4.70. The fourth-order valence-corrected chi connectivity index (χ4v) is 1.79. The van der Waals surface area contributed by atoms with Crippen molar-refractivity contribution in [2.75, 3.05) is 20.6 Å². The van der Waals surface area contributed by atoms with Gasteiger partial charge in [-0.1, -0.05) is 29.3 Å². The minimum absolute atomic E-state index is 0.0334. The third kappa shape index (κ3) is 3.60. The number of hydrogen-bond acceptors (Lipinski definition) is 2. The van der Waals surface area contributed by atoms with Gasteiger partial charge in [-0.05, 0) is 31.7 Å². The van der Waals surface area contributed by atoms with Crippen molar-refractivity contribution in [3.63, 3.8) is 0 Å². The monoisotopic (exact) mass is 274 g/mol. The van der Waals surface area contributed by atoms with Crippen LogP contribution >= 0.6 is 23.2 Å². The van der Waals surface area contributed by atoms with E-state index in [4.69, 9.17) is 23.2 Å². The smallest absolute Gasteiger partial charge is 0.236 e. The van der Waals surface area contributed by atoms with Crippen LogP contribution in [0.2, 0.25) is 10.0 Å². The molecule has 94 valence electrons. The molecule has 0 aromatic heterocycles. The molecular weight excluding hydrogens is 259 g/mol. The van der Waals surface area contributed by atoms with Crippen molar-refractivity contribution in [3.05, 3.63) is 33.8 Å². The number of carbonyl (C=O) groups excluding carboxylic acids is 1. The number of amides is 1. The first-order valence-corrected chi connectivity index (χ1v) is 6.08. The van der Waals surface area contributed by atoms with Crippen LogP contribution in [0, 0.1) is 0 Å². The maximum Gasteiger partial charge on any atom is 0.236 e. The Morgan fingerprint density at radius 1 is 1.41 bits per heavy atom. The number of nitrogens with one attached hydrogen (secondary N) is 1. The van der Waals surface area contributed by atoms with Crippen LogP contribution in [0.1, 0.15) is 18.5 Å². The summed E-state index contributed by atoms with van der Waals surface area (Å²) in [5.74, 6) is 0.0334. The van der Waals surface area contributed by atoms with Crippen LogP contribution < -0.4 is 5.32 Å². The zero-order valence-electron chi connectivity index (χ0n) is 10.1. The second-order valence-electron chi connectivity index (χ2n) is 3.88. The lowest BCUT2D eigenvalue weighted by atomic mass is 10.1. The number of likely N-dealkylation sites (N-methyl/N-ethyl adjacent to an activating group) is 2. The van der Waals surface area contributed by atoms with Crippen LogP contribution in [0.15, 0.2) is 18.2 Å². The Kier molecular flexibility index (Phi) is 5.25. The number of nitrogens with zero attached hydrogens (tertiary/aromatic N) is 1. The molecule has 1 amide bonds. The minimum Gasteiger partial charge on any atom is -0.338 e. The summed E-state index contributed by atoms with van der Waals surface area (Å²) >= 11 is 11.8. The van der Waals surface area contributed by atoms with Gasteiger partial charge in [-0.3, -0.25) is 4.79 Å². The fourth-order valence-electron chi connectivity index (χ4n) is 1.49. The maximum absolute atomic E-state index is 11.7. The molecule has 1 N–H and O–H groups in total. The highest BCUT2D eigenvalue weighted by Gasteiger charge is 2.17. The van der Waals surface area contributed by atoms with Gasteiger partial charge in [0, 0.05) is 7.05 Å². The minimum atomic E-state index is -0.0365. The summed E-state index contributed by atoms with van der Waals surface area (Å²) in [4.78, 5) is 13.4.